The van der Waals surface area contributed by atoms with Gasteiger partial charge in [-0.25, -0.2) is 12.8 Å². The summed E-state index contributed by atoms with van der Waals surface area (Å²) in [6, 6.07) is 2.36. The smallest absolute Gasteiger partial charge is 0.236 e. The van der Waals surface area contributed by atoms with Crippen LogP contribution in [0.1, 0.15) is 5.56 Å². The SMILES string of the molecule is O=S(=O)(Cl)Cc1cc2c(cc1F)OCO2. The zero-order valence-corrected chi connectivity index (χ0v) is 8.94. The van der Waals surface area contributed by atoms with Crippen molar-refractivity contribution in [2.75, 3.05) is 6.79 Å². The number of fused-ring (bicyclic) bond motifs is 1. The summed E-state index contributed by atoms with van der Waals surface area (Å²) in [5.41, 5.74) is -0.0331. The maximum atomic E-state index is 13.3. The summed E-state index contributed by atoms with van der Waals surface area (Å²) in [4.78, 5) is 0. The van der Waals surface area contributed by atoms with Crippen LogP contribution in [0.3, 0.4) is 0 Å². The van der Waals surface area contributed by atoms with Crippen molar-refractivity contribution in [3.63, 3.8) is 0 Å². The number of benzene rings is 1. The largest absolute Gasteiger partial charge is 0.454 e. The molecule has 0 bridgehead atoms. The predicted molar refractivity (Wildman–Crippen MR) is 51.0 cm³/mol. The Morgan fingerprint density at radius 1 is 1.33 bits per heavy atom. The molecular formula is C8H6ClFO4S. The van der Waals surface area contributed by atoms with Crippen LogP contribution < -0.4 is 9.47 Å². The van der Waals surface area contributed by atoms with E-state index in [0.29, 0.717) is 5.75 Å². The number of hydrogen-bond acceptors (Lipinski definition) is 4. The Bertz CT molecular complexity index is 500. The van der Waals surface area contributed by atoms with Crippen LogP contribution in [0.15, 0.2) is 12.1 Å². The van der Waals surface area contributed by atoms with E-state index in [1.165, 1.54) is 6.07 Å². The lowest BCUT2D eigenvalue weighted by Gasteiger charge is -2.02. The highest BCUT2D eigenvalue weighted by molar-refractivity contribution is 8.13. The fourth-order valence-electron chi connectivity index (χ4n) is 1.26. The summed E-state index contributed by atoms with van der Waals surface area (Å²) in [6.45, 7) is 0.00581. The zero-order chi connectivity index (χ0) is 11.1. The van der Waals surface area contributed by atoms with Crippen molar-refractivity contribution in [2.45, 2.75) is 5.75 Å². The van der Waals surface area contributed by atoms with Gasteiger partial charge in [-0.1, -0.05) is 0 Å². The molecule has 1 aliphatic heterocycles. The van der Waals surface area contributed by atoms with Gasteiger partial charge in [-0.15, -0.1) is 0 Å². The van der Waals surface area contributed by atoms with Crippen LogP contribution >= 0.6 is 10.7 Å². The zero-order valence-electron chi connectivity index (χ0n) is 7.37. The van der Waals surface area contributed by atoms with E-state index in [1.807, 2.05) is 0 Å². The van der Waals surface area contributed by atoms with Gasteiger partial charge in [0.25, 0.3) is 0 Å². The molecule has 82 valence electrons. The summed E-state index contributed by atoms with van der Waals surface area (Å²) in [6.07, 6.45) is 0. The molecule has 15 heavy (non-hydrogen) atoms. The molecule has 1 heterocycles. The Hall–Kier alpha value is -1.01. The maximum absolute atomic E-state index is 13.3. The van der Waals surface area contributed by atoms with Crippen molar-refractivity contribution in [2.24, 2.45) is 0 Å². The first-order chi connectivity index (χ1) is 6.96. The van der Waals surface area contributed by atoms with E-state index >= 15 is 0 Å². The van der Waals surface area contributed by atoms with E-state index in [9.17, 15) is 12.8 Å². The van der Waals surface area contributed by atoms with Crippen molar-refractivity contribution in [3.05, 3.63) is 23.5 Å². The molecule has 1 aromatic carbocycles. The second-order valence-electron chi connectivity index (χ2n) is 2.98. The van der Waals surface area contributed by atoms with Crippen LogP contribution in [0.2, 0.25) is 0 Å². The summed E-state index contributed by atoms with van der Waals surface area (Å²) in [5.74, 6) is -0.657. The second-order valence-corrected chi connectivity index (χ2v) is 5.76. The van der Waals surface area contributed by atoms with Crippen molar-refractivity contribution >= 4 is 19.7 Å². The summed E-state index contributed by atoms with van der Waals surface area (Å²) >= 11 is 0. The molecule has 1 aliphatic rings. The van der Waals surface area contributed by atoms with Gasteiger partial charge in [0.05, 0.1) is 5.75 Å². The van der Waals surface area contributed by atoms with Crippen LogP contribution in [-0.2, 0) is 14.8 Å². The Kier molecular flexibility index (Phi) is 2.47. The monoisotopic (exact) mass is 252 g/mol. The van der Waals surface area contributed by atoms with E-state index in [2.05, 4.69) is 0 Å². The Balaban J connectivity index is 2.41. The lowest BCUT2D eigenvalue weighted by molar-refractivity contribution is 0.174. The minimum absolute atomic E-state index is 0.00581. The van der Waals surface area contributed by atoms with Gasteiger partial charge in [-0.05, 0) is 6.07 Å². The van der Waals surface area contributed by atoms with Gasteiger partial charge >= 0.3 is 0 Å². The Labute approximate surface area is 90.0 Å². The minimum Gasteiger partial charge on any atom is -0.454 e. The minimum atomic E-state index is -3.78. The van der Waals surface area contributed by atoms with Crippen LogP contribution in [0, 0.1) is 5.82 Å². The predicted octanol–water partition coefficient (Wildman–Crippen LogP) is 1.62. The Morgan fingerprint density at radius 3 is 2.53 bits per heavy atom. The number of rotatable bonds is 2. The third kappa shape index (κ3) is 2.32. The second kappa shape index (κ2) is 3.53. The summed E-state index contributed by atoms with van der Waals surface area (Å²) < 4.78 is 44.8. The van der Waals surface area contributed by atoms with E-state index in [1.54, 1.807) is 0 Å². The molecule has 0 saturated heterocycles. The fraction of sp³-hybridized carbons (Fsp3) is 0.250. The summed E-state index contributed by atoms with van der Waals surface area (Å²) in [7, 11) is 1.24. The number of hydrogen-bond donors (Lipinski definition) is 0. The molecule has 0 radical (unpaired) electrons. The first kappa shape index (κ1) is 10.5. The molecule has 1 aromatic rings. The maximum Gasteiger partial charge on any atom is 0.236 e. The highest BCUT2D eigenvalue weighted by atomic mass is 35.7. The van der Waals surface area contributed by atoms with Crippen LogP contribution in [0.5, 0.6) is 11.5 Å². The standard InChI is InChI=1S/C8H6ClFO4S/c9-15(11,12)3-5-1-7-8(2-6(5)10)14-4-13-7/h1-2H,3-4H2. The molecule has 0 fully saturated rings. The molecule has 0 N–H and O–H groups in total. The molecule has 7 heteroatoms. The van der Waals surface area contributed by atoms with Gasteiger partial charge in [-0.2, -0.15) is 0 Å². The quantitative estimate of drug-likeness (QED) is 0.751. The number of ether oxygens (including phenoxy) is 2. The fourth-order valence-corrected chi connectivity index (χ4v) is 2.20. The molecule has 0 amide bonds. The molecule has 0 atom stereocenters. The highest BCUT2D eigenvalue weighted by Crippen LogP contribution is 2.34. The van der Waals surface area contributed by atoms with Crippen LogP contribution in [0.25, 0.3) is 0 Å². The molecular weight excluding hydrogens is 247 g/mol. The van der Waals surface area contributed by atoms with E-state index < -0.39 is 20.6 Å². The third-order valence-corrected chi connectivity index (χ3v) is 2.85. The molecule has 2 rings (SSSR count). The highest BCUT2D eigenvalue weighted by Gasteiger charge is 2.19. The van der Waals surface area contributed by atoms with Gasteiger partial charge in [0.1, 0.15) is 5.82 Å². The van der Waals surface area contributed by atoms with Crippen molar-refractivity contribution in [1.29, 1.82) is 0 Å². The average molecular weight is 253 g/mol. The van der Waals surface area contributed by atoms with Crippen molar-refractivity contribution in [3.8, 4) is 11.5 Å². The molecule has 0 unspecified atom stereocenters. The van der Waals surface area contributed by atoms with Gasteiger partial charge in [-0.3, -0.25) is 0 Å². The van der Waals surface area contributed by atoms with Crippen LogP contribution in [0.4, 0.5) is 4.39 Å². The topological polar surface area (TPSA) is 52.6 Å². The average Bonchev–Trinajstić information content (AvgIpc) is 2.49. The van der Waals surface area contributed by atoms with Gasteiger partial charge in [0, 0.05) is 22.3 Å². The third-order valence-electron chi connectivity index (χ3n) is 1.87. The molecule has 0 aromatic heterocycles. The lowest BCUT2D eigenvalue weighted by Crippen LogP contribution is -1.98. The van der Waals surface area contributed by atoms with Crippen LogP contribution in [-0.4, -0.2) is 15.2 Å². The van der Waals surface area contributed by atoms with E-state index in [0.717, 1.165) is 6.07 Å². The number of halogens is 2. The first-order valence-electron chi connectivity index (χ1n) is 3.96. The van der Waals surface area contributed by atoms with Gasteiger partial charge < -0.3 is 9.47 Å². The molecule has 0 aliphatic carbocycles. The van der Waals surface area contributed by atoms with Crippen molar-refractivity contribution < 1.29 is 22.3 Å². The van der Waals surface area contributed by atoms with Gasteiger partial charge in [0.2, 0.25) is 15.8 Å². The Morgan fingerprint density at radius 2 is 1.93 bits per heavy atom. The van der Waals surface area contributed by atoms with Gasteiger partial charge in [0.15, 0.2) is 11.5 Å². The normalized spacial score (nSPS) is 14.3. The lowest BCUT2D eigenvalue weighted by atomic mass is 10.2. The van der Waals surface area contributed by atoms with E-state index in [4.69, 9.17) is 20.2 Å². The first-order valence-corrected chi connectivity index (χ1v) is 6.44. The molecule has 0 spiro atoms. The van der Waals surface area contributed by atoms with E-state index in [-0.39, 0.29) is 18.1 Å². The van der Waals surface area contributed by atoms with Crippen molar-refractivity contribution in [1.82, 2.24) is 0 Å². The molecule has 4 nitrogen and oxygen atoms in total. The molecule has 0 saturated carbocycles. The summed E-state index contributed by atoms with van der Waals surface area (Å²) in [5, 5.41) is 0.